The smallest absolute Gasteiger partial charge is 0.372 e. The van der Waals surface area contributed by atoms with Gasteiger partial charge >= 0.3 is 5.97 Å². The lowest BCUT2D eigenvalue weighted by Gasteiger charge is -2.03. The second-order valence-corrected chi connectivity index (χ2v) is 5.16. The van der Waals surface area contributed by atoms with E-state index in [4.69, 9.17) is 9.52 Å². The molecule has 1 aliphatic rings. The number of carboxylic acids is 1. The highest BCUT2D eigenvalue weighted by atomic mass is 16.4. The van der Waals surface area contributed by atoms with Crippen LogP contribution in [0.2, 0.25) is 0 Å². The number of hydrogen-bond acceptors (Lipinski definition) is 3. The summed E-state index contributed by atoms with van der Waals surface area (Å²) in [5.41, 5.74) is 1.05. The first-order chi connectivity index (χ1) is 7.40. The van der Waals surface area contributed by atoms with Gasteiger partial charge in [0.2, 0.25) is 5.76 Å². The van der Waals surface area contributed by atoms with Crippen LogP contribution in [0.25, 0.3) is 0 Å². The molecule has 2 rings (SSSR count). The number of carboxylic acid groups (broad SMARTS) is 1. The summed E-state index contributed by atoms with van der Waals surface area (Å²) in [5, 5.41) is 12.2. The third-order valence-corrected chi connectivity index (χ3v) is 3.20. The highest BCUT2D eigenvalue weighted by molar-refractivity contribution is 5.86. The lowest BCUT2D eigenvalue weighted by molar-refractivity contribution is 0.0659. The zero-order chi connectivity index (χ0) is 11.9. The quantitative estimate of drug-likeness (QED) is 0.821. The molecule has 1 fully saturated rings. The van der Waals surface area contributed by atoms with Gasteiger partial charge in [0.05, 0.1) is 6.54 Å². The SMILES string of the molecule is Cc1cc(CNC2CC2(C)C)oc1C(=O)O. The van der Waals surface area contributed by atoms with Gasteiger partial charge in [0.25, 0.3) is 0 Å². The van der Waals surface area contributed by atoms with Gasteiger partial charge in [0.1, 0.15) is 5.76 Å². The van der Waals surface area contributed by atoms with Crippen LogP contribution in [-0.4, -0.2) is 17.1 Å². The number of nitrogens with one attached hydrogen (secondary N) is 1. The molecule has 0 aliphatic heterocycles. The Morgan fingerprint density at radius 1 is 1.69 bits per heavy atom. The number of aryl methyl sites for hydroxylation is 1. The standard InChI is InChI=1S/C12H17NO3/c1-7-4-8(16-10(7)11(14)15)6-13-9-5-12(9,2)3/h4,9,13H,5-6H2,1-3H3,(H,14,15). The minimum absolute atomic E-state index is 0.0480. The second-order valence-electron chi connectivity index (χ2n) is 5.16. The second kappa shape index (κ2) is 3.63. The molecule has 16 heavy (non-hydrogen) atoms. The molecule has 2 N–H and O–H groups in total. The Kier molecular flexibility index (Phi) is 2.54. The van der Waals surface area contributed by atoms with Crippen molar-refractivity contribution >= 4 is 5.97 Å². The van der Waals surface area contributed by atoms with Crippen molar-refractivity contribution in [2.45, 2.75) is 39.8 Å². The molecule has 1 unspecified atom stereocenters. The number of furan rings is 1. The van der Waals surface area contributed by atoms with Gasteiger partial charge < -0.3 is 14.8 Å². The molecule has 4 nitrogen and oxygen atoms in total. The van der Waals surface area contributed by atoms with Crippen molar-refractivity contribution in [3.8, 4) is 0 Å². The molecule has 0 saturated heterocycles. The predicted molar refractivity (Wildman–Crippen MR) is 59.4 cm³/mol. The van der Waals surface area contributed by atoms with Gasteiger partial charge in [-0.05, 0) is 24.8 Å². The van der Waals surface area contributed by atoms with Crippen LogP contribution in [0.3, 0.4) is 0 Å². The molecule has 0 radical (unpaired) electrons. The molecule has 1 aromatic rings. The van der Waals surface area contributed by atoms with E-state index < -0.39 is 5.97 Å². The minimum Gasteiger partial charge on any atom is -0.475 e. The normalized spacial score (nSPS) is 22.1. The summed E-state index contributed by atoms with van der Waals surface area (Å²) in [6.07, 6.45) is 1.17. The number of rotatable bonds is 4. The summed E-state index contributed by atoms with van der Waals surface area (Å²) >= 11 is 0. The Balaban J connectivity index is 1.95. The molecule has 0 bridgehead atoms. The number of carbonyl (C=O) groups is 1. The zero-order valence-corrected chi connectivity index (χ0v) is 9.83. The van der Waals surface area contributed by atoms with Crippen LogP contribution in [0.4, 0.5) is 0 Å². The van der Waals surface area contributed by atoms with E-state index in [0.29, 0.717) is 29.3 Å². The van der Waals surface area contributed by atoms with E-state index in [1.165, 1.54) is 6.42 Å². The maximum Gasteiger partial charge on any atom is 0.372 e. The van der Waals surface area contributed by atoms with Gasteiger partial charge in [-0.2, -0.15) is 0 Å². The monoisotopic (exact) mass is 223 g/mol. The molecule has 1 heterocycles. The van der Waals surface area contributed by atoms with Crippen LogP contribution < -0.4 is 5.32 Å². The number of aromatic carboxylic acids is 1. The van der Waals surface area contributed by atoms with E-state index in [9.17, 15) is 4.79 Å². The summed E-state index contributed by atoms with van der Waals surface area (Å²) in [6.45, 7) is 6.77. The molecule has 1 aliphatic carbocycles. The van der Waals surface area contributed by atoms with E-state index in [-0.39, 0.29) is 5.76 Å². The fourth-order valence-corrected chi connectivity index (χ4v) is 1.89. The van der Waals surface area contributed by atoms with Gasteiger partial charge in [0, 0.05) is 11.6 Å². The van der Waals surface area contributed by atoms with E-state index in [1.54, 1.807) is 13.0 Å². The van der Waals surface area contributed by atoms with Gasteiger partial charge in [-0.1, -0.05) is 13.8 Å². The summed E-state index contributed by atoms with van der Waals surface area (Å²) in [4.78, 5) is 10.8. The Morgan fingerprint density at radius 2 is 2.31 bits per heavy atom. The van der Waals surface area contributed by atoms with Crippen LogP contribution in [0.1, 0.15) is 42.1 Å². The van der Waals surface area contributed by atoms with Crippen LogP contribution in [0.15, 0.2) is 10.5 Å². The fourth-order valence-electron chi connectivity index (χ4n) is 1.89. The highest BCUT2D eigenvalue weighted by Crippen LogP contribution is 2.44. The van der Waals surface area contributed by atoms with Crippen LogP contribution in [0, 0.1) is 12.3 Å². The van der Waals surface area contributed by atoms with Crippen molar-refractivity contribution in [3.05, 3.63) is 23.2 Å². The number of hydrogen-bond donors (Lipinski definition) is 2. The largest absolute Gasteiger partial charge is 0.475 e. The highest BCUT2D eigenvalue weighted by Gasteiger charge is 2.45. The fraction of sp³-hybridized carbons (Fsp3) is 0.583. The maximum absolute atomic E-state index is 10.8. The first-order valence-corrected chi connectivity index (χ1v) is 5.46. The average molecular weight is 223 g/mol. The molecule has 0 aromatic carbocycles. The molecule has 1 aromatic heterocycles. The topological polar surface area (TPSA) is 62.5 Å². The lowest BCUT2D eigenvalue weighted by atomic mass is 10.2. The van der Waals surface area contributed by atoms with Gasteiger partial charge in [-0.3, -0.25) is 0 Å². The summed E-state index contributed by atoms with van der Waals surface area (Å²) in [6, 6.07) is 2.30. The van der Waals surface area contributed by atoms with Crippen molar-refractivity contribution in [2.75, 3.05) is 0 Å². The Morgan fingerprint density at radius 3 is 2.75 bits per heavy atom. The first kappa shape index (κ1) is 11.2. The third kappa shape index (κ3) is 2.11. The molecule has 0 spiro atoms. The van der Waals surface area contributed by atoms with E-state index in [2.05, 4.69) is 19.2 Å². The molecule has 4 heteroatoms. The van der Waals surface area contributed by atoms with Crippen LogP contribution in [0.5, 0.6) is 0 Å². The first-order valence-electron chi connectivity index (χ1n) is 5.46. The van der Waals surface area contributed by atoms with Crippen molar-refractivity contribution in [2.24, 2.45) is 5.41 Å². The lowest BCUT2D eigenvalue weighted by Crippen LogP contribution is -2.19. The van der Waals surface area contributed by atoms with E-state index >= 15 is 0 Å². The maximum atomic E-state index is 10.8. The summed E-state index contributed by atoms with van der Waals surface area (Å²) in [7, 11) is 0. The minimum atomic E-state index is -1.00. The molecule has 1 saturated carbocycles. The Hall–Kier alpha value is -1.29. The van der Waals surface area contributed by atoms with Crippen molar-refractivity contribution in [1.82, 2.24) is 5.32 Å². The van der Waals surface area contributed by atoms with E-state index in [1.807, 2.05) is 0 Å². The Labute approximate surface area is 94.6 Å². The molecule has 88 valence electrons. The van der Waals surface area contributed by atoms with Crippen LogP contribution in [-0.2, 0) is 6.54 Å². The predicted octanol–water partition coefficient (Wildman–Crippen LogP) is 2.17. The summed E-state index contributed by atoms with van der Waals surface area (Å²) in [5.74, 6) is -0.264. The molecular formula is C12H17NO3. The Bertz CT molecular complexity index is 420. The molecular weight excluding hydrogens is 206 g/mol. The molecule has 1 atom stereocenters. The molecule has 0 amide bonds. The van der Waals surface area contributed by atoms with Crippen molar-refractivity contribution < 1.29 is 14.3 Å². The average Bonchev–Trinajstić information content (AvgIpc) is 2.60. The third-order valence-electron chi connectivity index (χ3n) is 3.20. The van der Waals surface area contributed by atoms with Crippen LogP contribution >= 0.6 is 0 Å². The van der Waals surface area contributed by atoms with Gasteiger partial charge in [-0.25, -0.2) is 4.79 Å². The van der Waals surface area contributed by atoms with E-state index in [0.717, 1.165) is 0 Å². The van der Waals surface area contributed by atoms with Crippen molar-refractivity contribution in [3.63, 3.8) is 0 Å². The van der Waals surface area contributed by atoms with Gasteiger partial charge in [-0.15, -0.1) is 0 Å². The van der Waals surface area contributed by atoms with Crippen molar-refractivity contribution in [1.29, 1.82) is 0 Å². The summed E-state index contributed by atoms with van der Waals surface area (Å²) < 4.78 is 5.26. The zero-order valence-electron chi connectivity index (χ0n) is 9.83. The van der Waals surface area contributed by atoms with Gasteiger partial charge in [0.15, 0.2) is 0 Å².